The summed E-state index contributed by atoms with van der Waals surface area (Å²) in [5, 5.41) is 19.4. The van der Waals surface area contributed by atoms with Crippen LogP contribution in [0.5, 0.6) is 5.75 Å². The molecule has 2 aromatic rings. The number of aromatic hydroxyl groups is 1. The van der Waals surface area contributed by atoms with Crippen LogP contribution < -0.4 is 10.9 Å². The SMILES string of the molecule is CCOC(=O)Nc1cc(O)c(N=Nc2ccccc2)c(=O)o1. The number of hydrogen-bond acceptors (Lipinski definition) is 7. The molecule has 0 aliphatic heterocycles. The first-order chi connectivity index (χ1) is 10.6. The Morgan fingerprint density at radius 2 is 2.05 bits per heavy atom. The largest absolute Gasteiger partial charge is 0.505 e. The number of amides is 1. The van der Waals surface area contributed by atoms with Gasteiger partial charge in [-0.2, -0.15) is 5.11 Å². The summed E-state index contributed by atoms with van der Waals surface area (Å²) in [6, 6.07) is 9.71. The maximum Gasteiger partial charge on any atom is 0.413 e. The van der Waals surface area contributed by atoms with Gasteiger partial charge < -0.3 is 14.3 Å². The lowest BCUT2D eigenvalue weighted by Gasteiger charge is -2.04. The predicted molar refractivity (Wildman–Crippen MR) is 77.9 cm³/mol. The molecule has 22 heavy (non-hydrogen) atoms. The van der Waals surface area contributed by atoms with Gasteiger partial charge in [-0.1, -0.05) is 18.2 Å². The quantitative estimate of drug-likeness (QED) is 0.841. The topological polar surface area (TPSA) is 113 Å². The Morgan fingerprint density at radius 1 is 1.32 bits per heavy atom. The Labute approximate surface area is 125 Å². The lowest BCUT2D eigenvalue weighted by molar-refractivity contribution is 0.167. The van der Waals surface area contributed by atoms with Crippen molar-refractivity contribution in [2.75, 3.05) is 11.9 Å². The lowest BCUT2D eigenvalue weighted by atomic mass is 10.3. The van der Waals surface area contributed by atoms with Gasteiger partial charge in [-0.3, -0.25) is 5.32 Å². The van der Waals surface area contributed by atoms with Crippen LogP contribution in [0, 0.1) is 0 Å². The molecule has 1 heterocycles. The van der Waals surface area contributed by atoms with Crippen LogP contribution in [0.3, 0.4) is 0 Å². The summed E-state index contributed by atoms with van der Waals surface area (Å²) in [4.78, 5) is 23.0. The molecule has 2 N–H and O–H groups in total. The molecule has 0 saturated heterocycles. The minimum Gasteiger partial charge on any atom is -0.505 e. The summed E-state index contributed by atoms with van der Waals surface area (Å²) in [6.45, 7) is 1.78. The van der Waals surface area contributed by atoms with E-state index in [2.05, 4.69) is 20.3 Å². The number of carbonyl (C=O) groups is 1. The minimum atomic E-state index is -0.938. The predicted octanol–water partition coefficient (Wildman–Crippen LogP) is 3.33. The fraction of sp³-hybridized carbons (Fsp3) is 0.143. The van der Waals surface area contributed by atoms with E-state index in [4.69, 9.17) is 4.42 Å². The number of nitrogens with zero attached hydrogens (tertiary/aromatic N) is 2. The molecule has 0 fully saturated rings. The Balaban J connectivity index is 2.22. The van der Waals surface area contributed by atoms with Crippen LogP contribution >= 0.6 is 0 Å². The lowest BCUT2D eigenvalue weighted by Crippen LogP contribution is -2.14. The van der Waals surface area contributed by atoms with Crippen LogP contribution in [-0.4, -0.2) is 17.8 Å². The number of rotatable bonds is 4. The summed E-state index contributed by atoms with van der Waals surface area (Å²) < 4.78 is 9.44. The van der Waals surface area contributed by atoms with Gasteiger partial charge in [0.25, 0.3) is 0 Å². The Hall–Kier alpha value is -3.16. The van der Waals surface area contributed by atoms with Gasteiger partial charge in [-0.25, -0.2) is 9.59 Å². The van der Waals surface area contributed by atoms with Gasteiger partial charge in [0.2, 0.25) is 11.6 Å². The molecule has 0 saturated carbocycles. The van der Waals surface area contributed by atoms with Crippen LogP contribution in [0.1, 0.15) is 6.92 Å². The second-order valence-electron chi connectivity index (χ2n) is 4.01. The number of hydrogen-bond donors (Lipinski definition) is 2. The van der Waals surface area contributed by atoms with Gasteiger partial charge in [0.1, 0.15) is 0 Å². The zero-order valence-corrected chi connectivity index (χ0v) is 11.6. The van der Waals surface area contributed by atoms with E-state index in [1.54, 1.807) is 37.3 Å². The van der Waals surface area contributed by atoms with E-state index in [0.29, 0.717) is 5.69 Å². The molecule has 0 atom stereocenters. The third kappa shape index (κ3) is 3.92. The van der Waals surface area contributed by atoms with Crippen molar-refractivity contribution in [1.82, 2.24) is 0 Å². The average molecular weight is 303 g/mol. The highest BCUT2D eigenvalue weighted by molar-refractivity contribution is 5.83. The van der Waals surface area contributed by atoms with Crippen molar-refractivity contribution < 1.29 is 19.1 Å². The van der Waals surface area contributed by atoms with Gasteiger partial charge in [-0.15, -0.1) is 5.11 Å². The third-order valence-electron chi connectivity index (χ3n) is 2.43. The number of benzene rings is 1. The molecule has 8 heteroatoms. The first kappa shape index (κ1) is 15.2. The number of azo groups is 1. The highest BCUT2D eigenvalue weighted by atomic mass is 16.5. The van der Waals surface area contributed by atoms with Crippen LogP contribution in [0.4, 0.5) is 22.1 Å². The van der Waals surface area contributed by atoms with E-state index in [0.717, 1.165) is 6.07 Å². The van der Waals surface area contributed by atoms with E-state index < -0.39 is 17.5 Å². The fourth-order valence-corrected chi connectivity index (χ4v) is 1.50. The number of carbonyl (C=O) groups excluding carboxylic acids is 1. The van der Waals surface area contributed by atoms with E-state index >= 15 is 0 Å². The average Bonchev–Trinajstić information content (AvgIpc) is 2.47. The van der Waals surface area contributed by atoms with Crippen LogP contribution in [0.25, 0.3) is 0 Å². The standard InChI is InChI=1S/C14H13N3O5/c1-2-21-14(20)15-11-8-10(18)12(13(19)22-11)17-16-9-6-4-3-5-7-9/h3-8,18H,2H2,1H3,(H,15,20). The maximum absolute atomic E-state index is 11.7. The van der Waals surface area contributed by atoms with Crippen molar-refractivity contribution >= 4 is 23.4 Å². The first-order valence-corrected chi connectivity index (χ1v) is 6.38. The molecule has 1 aromatic heterocycles. The van der Waals surface area contributed by atoms with E-state index in [1.165, 1.54) is 0 Å². The summed E-state index contributed by atoms with van der Waals surface area (Å²) in [5.41, 5.74) is -0.792. The Kier molecular flexibility index (Phi) is 4.86. The van der Waals surface area contributed by atoms with Crippen LogP contribution in [-0.2, 0) is 4.74 Å². The van der Waals surface area contributed by atoms with Crippen molar-refractivity contribution in [2.24, 2.45) is 10.2 Å². The highest BCUT2D eigenvalue weighted by Gasteiger charge is 2.13. The summed E-state index contributed by atoms with van der Waals surface area (Å²) >= 11 is 0. The molecule has 0 spiro atoms. The molecule has 0 bridgehead atoms. The van der Waals surface area contributed by atoms with Crippen LogP contribution in [0.2, 0.25) is 0 Å². The molecule has 1 amide bonds. The first-order valence-electron chi connectivity index (χ1n) is 6.38. The van der Waals surface area contributed by atoms with Gasteiger partial charge >= 0.3 is 11.7 Å². The maximum atomic E-state index is 11.7. The molecule has 0 unspecified atom stereocenters. The molecule has 0 aliphatic rings. The van der Waals surface area contributed by atoms with E-state index in [1.807, 2.05) is 0 Å². The zero-order valence-electron chi connectivity index (χ0n) is 11.6. The van der Waals surface area contributed by atoms with Gasteiger partial charge in [0.05, 0.1) is 12.3 Å². The third-order valence-corrected chi connectivity index (χ3v) is 2.43. The van der Waals surface area contributed by atoms with Crippen molar-refractivity contribution in [3.8, 4) is 5.75 Å². The number of anilines is 1. The smallest absolute Gasteiger partial charge is 0.413 e. The van der Waals surface area contributed by atoms with Crippen LogP contribution in [0.15, 0.2) is 55.8 Å². The highest BCUT2D eigenvalue weighted by Crippen LogP contribution is 2.27. The minimum absolute atomic E-state index is 0.158. The fourth-order valence-electron chi connectivity index (χ4n) is 1.50. The van der Waals surface area contributed by atoms with Crippen molar-refractivity contribution in [3.63, 3.8) is 0 Å². The molecule has 2 rings (SSSR count). The molecule has 114 valence electrons. The van der Waals surface area contributed by atoms with E-state index in [-0.39, 0.29) is 18.2 Å². The molecule has 1 aromatic carbocycles. The van der Waals surface area contributed by atoms with Gasteiger partial charge in [0.15, 0.2) is 5.75 Å². The second-order valence-corrected chi connectivity index (χ2v) is 4.01. The molecular formula is C14H13N3O5. The van der Waals surface area contributed by atoms with E-state index in [9.17, 15) is 14.7 Å². The Morgan fingerprint density at radius 3 is 2.68 bits per heavy atom. The summed E-state index contributed by atoms with van der Waals surface area (Å²) in [6.07, 6.45) is -0.802. The van der Waals surface area contributed by atoms with Crippen molar-refractivity contribution in [1.29, 1.82) is 0 Å². The van der Waals surface area contributed by atoms with Crippen molar-refractivity contribution in [3.05, 3.63) is 46.8 Å². The zero-order chi connectivity index (χ0) is 15.9. The number of ether oxygens (including phenoxy) is 1. The summed E-state index contributed by atoms with van der Waals surface area (Å²) in [5.74, 6) is -0.720. The van der Waals surface area contributed by atoms with Crippen molar-refractivity contribution in [2.45, 2.75) is 6.92 Å². The number of nitrogens with one attached hydrogen (secondary N) is 1. The normalized spacial score (nSPS) is 10.6. The molecule has 8 nitrogen and oxygen atoms in total. The monoisotopic (exact) mass is 303 g/mol. The second kappa shape index (κ2) is 7.02. The molecular weight excluding hydrogens is 290 g/mol. The molecule has 0 aliphatic carbocycles. The van der Waals surface area contributed by atoms with Gasteiger partial charge in [0, 0.05) is 6.07 Å². The summed E-state index contributed by atoms with van der Waals surface area (Å²) in [7, 11) is 0. The molecule has 0 radical (unpaired) electrons. The Bertz CT molecular complexity index is 740. The van der Waals surface area contributed by atoms with Gasteiger partial charge in [-0.05, 0) is 19.1 Å².